The highest BCUT2D eigenvalue weighted by Crippen LogP contribution is 2.37. The van der Waals surface area contributed by atoms with Crippen LogP contribution in [-0.2, 0) is 0 Å². The molecule has 0 heterocycles. The average molecular weight is 233 g/mol. The summed E-state index contributed by atoms with van der Waals surface area (Å²) in [4.78, 5) is 11.3. The van der Waals surface area contributed by atoms with E-state index in [0.717, 1.165) is 6.07 Å². The molecular formula is C10H10ClFO3. The Bertz CT molecular complexity index is 404. The molecular weight excluding hydrogens is 223 g/mol. The molecule has 0 bridgehead atoms. The Labute approximate surface area is 91.7 Å². The Balaban J connectivity index is 3.56. The smallest absolute Gasteiger partial charge is 0.173 e. The summed E-state index contributed by atoms with van der Waals surface area (Å²) in [5.74, 6) is -0.796. The van der Waals surface area contributed by atoms with Crippen molar-refractivity contribution in [2.24, 2.45) is 0 Å². The van der Waals surface area contributed by atoms with Gasteiger partial charge in [0.05, 0.1) is 24.8 Å². The molecule has 1 rings (SSSR count). The number of ketones is 1. The van der Waals surface area contributed by atoms with Gasteiger partial charge in [0.1, 0.15) is 5.82 Å². The third-order valence-corrected chi connectivity index (χ3v) is 2.28. The van der Waals surface area contributed by atoms with Gasteiger partial charge in [-0.3, -0.25) is 4.79 Å². The zero-order valence-corrected chi connectivity index (χ0v) is 9.31. The van der Waals surface area contributed by atoms with Crippen LogP contribution in [0.3, 0.4) is 0 Å². The van der Waals surface area contributed by atoms with Gasteiger partial charge in [0.25, 0.3) is 0 Å². The molecule has 0 spiro atoms. The first kappa shape index (κ1) is 11.8. The molecule has 82 valence electrons. The molecule has 0 fully saturated rings. The van der Waals surface area contributed by atoms with E-state index in [4.69, 9.17) is 21.1 Å². The van der Waals surface area contributed by atoms with Crippen LogP contribution in [0.2, 0.25) is 5.02 Å². The highest BCUT2D eigenvalue weighted by Gasteiger charge is 2.21. The van der Waals surface area contributed by atoms with E-state index in [1.54, 1.807) is 0 Å². The lowest BCUT2D eigenvalue weighted by Crippen LogP contribution is -2.03. The van der Waals surface area contributed by atoms with Crippen LogP contribution in [0.4, 0.5) is 4.39 Å². The van der Waals surface area contributed by atoms with Crippen molar-refractivity contribution in [3.05, 3.63) is 22.5 Å². The number of hydrogen-bond acceptors (Lipinski definition) is 3. The maximum atomic E-state index is 13.3. The second-order valence-electron chi connectivity index (χ2n) is 2.84. The fourth-order valence-corrected chi connectivity index (χ4v) is 1.53. The van der Waals surface area contributed by atoms with Crippen LogP contribution in [0, 0.1) is 5.82 Å². The zero-order valence-electron chi connectivity index (χ0n) is 8.56. The van der Waals surface area contributed by atoms with Crippen LogP contribution in [0.15, 0.2) is 6.07 Å². The van der Waals surface area contributed by atoms with Gasteiger partial charge in [-0.1, -0.05) is 11.6 Å². The van der Waals surface area contributed by atoms with Crippen LogP contribution in [-0.4, -0.2) is 20.0 Å². The van der Waals surface area contributed by atoms with Gasteiger partial charge >= 0.3 is 0 Å². The molecule has 0 N–H and O–H groups in total. The minimum Gasteiger partial charge on any atom is -0.493 e. The molecule has 0 aromatic heterocycles. The Morgan fingerprint density at radius 2 is 2.00 bits per heavy atom. The van der Waals surface area contributed by atoms with Gasteiger partial charge in [-0.05, 0) is 6.92 Å². The van der Waals surface area contributed by atoms with Crippen molar-refractivity contribution in [2.75, 3.05) is 14.2 Å². The van der Waals surface area contributed by atoms with Crippen LogP contribution in [0.1, 0.15) is 17.3 Å². The first-order chi connectivity index (χ1) is 7.02. The summed E-state index contributed by atoms with van der Waals surface area (Å²) in [5, 5.41) is -0.250. The maximum Gasteiger partial charge on any atom is 0.173 e. The first-order valence-corrected chi connectivity index (χ1v) is 4.51. The second-order valence-corrected chi connectivity index (χ2v) is 3.22. The Morgan fingerprint density at radius 3 is 2.40 bits per heavy atom. The van der Waals surface area contributed by atoms with Crippen molar-refractivity contribution >= 4 is 17.4 Å². The minimum absolute atomic E-state index is 0.00369. The average Bonchev–Trinajstić information content (AvgIpc) is 2.20. The summed E-state index contributed by atoms with van der Waals surface area (Å²) in [6, 6.07) is 1.08. The number of ether oxygens (including phenoxy) is 2. The standard InChI is InChI=1S/C10H10ClFO3/c1-5(13)8-9(11)6(12)4-7(14-2)10(8)15-3/h4H,1-3H3. The van der Waals surface area contributed by atoms with E-state index < -0.39 is 5.82 Å². The minimum atomic E-state index is -0.709. The van der Waals surface area contributed by atoms with E-state index in [1.165, 1.54) is 21.1 Å². The van der Waals surface area contributed by atoms with Crippen molar-refractivity contribution in [2.45, 2.75) is 6.92 Å². The summed E-state index contributed by atoms with van der Waals surface area (Å²) >= 11 is 5.67. The molecule has 0 saturated heterocycles. The topological polar surface area (TPSA) is 35.5 Å². The van der Waals surface area contributed by atoms with E-state index in [1.807, 2.05) is 0 Å². The summed E-state index contributed by atoms with van der Waals surface area (Å²) in [6.07, 6.45) is 0. The fraction of sp³-hybridized carbons (Fsp3) is 0.300. The largest absolute Gasteiger partial charge is 0.493 e. The van der Waals surface area contributed by atoms with Gasteiger partial charge in [-0.25, -0.2) is 4.39 Å². The number of carbonyl (C=O) groups excluding carboxylic acids is 1. The normalized spacial score (nSPS) is 9.93. The van der Waals surface area contributed by atoms with Crippen molar-refractivity contribution in [1.29, 1.82) is 0 Å². The highest BCUT2D eigenvalue weighted by molar-refractivity contribution is 6.34. The number of rotatable bonds is 3. The number of Topliss-reactive ketones (excluding diaryl/α,β-unsaturated/α-hetero) is 1. The summed E-state index contributed by atoms with van der Waals surface area (Å²) < 4.78 is 23.1. The van der Waals surface area contributed by atoms with Gasteiger partial charge in [-0.15, -0.1) is 0 Å². The molecule has 0 radical (unpaired) electrons. The summed E-state index contributed by atoms with van der Waals surface area (Å²) in [7, 11) is 2.72. The molecule has 0 amide bonds. The molecule has 0 unspecified atom stereocenters. The Hall–Kier alpha value is -1.29. The predicted octanol–water partition coefficient (Wildman–Crippen LogP) is 2.70. The molecule has 0 aliphatic rings. The quantitative estimate of drug-likeness (QED) is 0.752. The number of methoxy groups -OCH3 is 2. The van der Waals surface area contributed by atoms with E-state index >= 15 is 0 Å². The van der Waals surface area contributed by atoms with Crippen LogP contribution < -0.4 is 9.47 Å². The lowest BCUT2D eigenvalue weighted by Gasteiger charge is -2.12. The molecule has 3 nitrogen and oxygen atoms in total. The third kappa shape index (κ3) is 2.04. The van der Waals surface area contributed by atoms with Gasteiger partial charge in [0.15, 0.2) is 17.3 Å². The molecule has 0 atom stereocenters. The second kappa shape index (κ2) is 4.49. The van der Waals surface area contributed by atoms with Crippen LogP contribution >= 0.6 is 11.6 Å². The highest BCUT2D eigenvalue weighted by atomic mass is 35.5. The molecule has 0 saturated carbocycles. The van der Waals surface area contributed by atoms with Gasteiger partial charge in [-0.2, -0.15) is 0 Å². The lowest BCUT2D eigenvalue weighted by molar-refractivity contribution is 0.101. The molecule has 0 aliphatic heterocycles. The molecule has 1 aromatic carbocycles. The monoisotopic (exact) mass is 232 g/mol. The predicted molar refractivity (Wildman–Crippen MR) is 54.5 cm³/mol. The Kier molecular flexibility index (Phi) is 3.52. The van der Waals surface area contributed by atoms with Crippen molar-refractivity contribution < 1.29 is 18.7 Å². The van der Waals surface area contributed by atoms with Crippen molar-refractivity contribution in [3.8, 4) is 11.5 Å². The summed E-state index contributed by atoms with van der Waals surface area (Å²) in [6.45, 7) is 1.28. The SMILES string of the molecule is COc1cc(F)c(Cl)c(C(C)=O)c1OC. The molecule has 1 aromatic rings. The van der Waals surface area contributed by atoms with Crippen molar-refractivity contribution in [3.63, 3.8) is 0 Å². The van der Waals surface area contributed by atoms with E-state index in [2.05, 4.69) is 0 Å². The molecule has 0 aliphatic carbocycles. The van der Waals surface area contributed by atoms with E-state index in [0.29, 0.717) is 0 Å². The van der Waals surface area contributed by atoms with Gasteiger partial charge in [0.2, 0.25) is 0 Å². The fourth-order valence-electron chi connectivity index (χ4n) is 1.26. The lowest BCUT2D eigenvalue weighted by atomic mass is 10.1. The van der Waals surface area contributed by atoms with Crippen LogP contribution in [0.5, 0.6) is 11.5 Å². The molecule has 15 heavy (non-hydrogen) atoms. The number of benzene rings is 1. The first-order valence-electron chi connectivity index (χ1n) is 4.13. The number of carbonyl (C=O) groups is 1. The van der Waals surface area contributed by atoms with Gasteiger partial charge in [0, 0.05) is 6.07 Å². The van der Waals surface area contributed by atoms with Gasteiger partial charge < -0.3 is 9.47 Å². The Morgan fingerprint density at radius 1 is 1.40 bits per heavy atom. The van der Waals surface area contributed by atoms with Crippen molar-refractivity contribution in [1.82, 2.24) is 0 Å². The number of hydrogen-bond donors (Lipinski definition) is 0. The molecule has 5 heteroatoms. The third-order valence-electron chi connectivity index (χ3n) is 1.91. The summed E-state index contributed by atoms with van der Waals surface area (Å²) in [5.41, 5.74) is -0.00369. The van der Waals surface area contributed by atoms with Crippen LogP contribution in [0.25, 0.3) is 0 Å². The maximum absolute atomic E-state index is 13.3. The van der Waals surface area contributed by atoms with E-state index in [9.17, 15) is 9.18 Å². The van der Waals surface area contributed by atoms with E-state index in [-0.39, 0.29) is 27.9 Å². The number of halogens is 2. The zero-order chi connectivity index (χ0) is 11.6.